The minimum Gasteiger partial charge on any atom is -0.493 e. The molecule has 4 rings (SSSR count). The number of benzene rings is 3. The van der Waals surface area contributed by atoms with Crippen LogP contribution in [-0.2, 0) is 4.79 Å². The average Bonchev–Trinajstić information content (AvgIpc) is 3.12. The van der Waals surface area contributed by atoms with Crippen LogP contribution in [0.15, 0.2) is 65.6 Å². The van der Waals surface area contributed by atoms with Gasteiger partial charge in [-0.15, -0.1) is 0 Å². The number of halogens is 1. The second kappa shape index (κ2) is 10.1. The molecule has 1 aliphatic rings. The van der Waals surface area contributed by atoms with Gasteiger partial charge in [0.15, 0.2) is 11.5 Å². The largest absolute Gasteiger partial charge is 0.493 e. The number of carbonyl (C=O) groups is 2. The maximum atomic E-state index is 13.0. The minimum absolute atomic E-state index is 0.00603. The normalized spacial score (nSPS) is 14.3. The molecular formula is C23H14ClN3O8S. The van der Waals surface area contributed by atoms with Gasteiger partial charge in [-0.1, -0.05) is 29.8 Å². The van der Waals surface area contributed by atoms with Crippen LogP contribution >= 0.6 is 23.4 Å². The zero-order valence-electron chi connectivity index (χ0n) is 18.2. The Balaban J connectivity index is 1.75. The van der Waals surface area contributed by atoms with Gasteiger partial charge >= 0.3 is 5.69 Å². The van der Waals surface area contributed by atoms with Gasteiger partial charge < -0.3 is 9.47 Å². The van der Waals surface area contributed by atoms with Crippen molar-refractivity contribution in [1.29, 1.82) is 0 Å². The fourth-order valence-electron chi connectivity index (χ4n) is 3.32. The number of para-hydroxylation sites is 1. The molecule has 3 aromatic carbocycles. The van der Waals surface area contributed by atoms with Crippen molar-refractivity contribution in [3.8, 4) is 17.2 Å². The van der Waals surface area contributed by atoms with Crippen LogP contribution in [0.3, 0.4) is 0 Å². The number of nitrogens with zero attached hydrogens (tertiary/aromatic N) is 3. The molecule has 1 aliphatic heterocycles. The van der Waals surface area contributed by atoms with Crippen molar-refractivity contribution in [2.45, 2.75) is 0 Å². The van der Waals surface area contributed by atoms with Crippen molar-refractivity contribution in [3.63, 3.8) is 0 Å². The Bertz CT molecular complexity index is 1460. The first-order chi connectivity index (χ1) is 17.2. The second-order valence-corrected chi connectivity index (χ2v) is 8.57. The Morgan fingerprint density at radius 1 is 0.972 bits per heavy atom. The highest BCUT2D eigenvalue weighted by Crippen LogP contribution is 2.43. The highest BCUT2D eigenvalue weighted by atomic mass is 35.5. The number of nitro groups is 2. The van der Waals surface area contributed by atoms with Crippen LogP contribution in [0.4, 0.5) is 21.9 Å². The minimum atomic E-state index is -0.812. The van der Waals surface area contributed by atoms with Crippen molar-refractivity contribution in [2.24, 2.45) is 0 Å². The molecule has 2 amide bonds. The molecule has 0 N–H and O–H groups in total. The number of hydrogen-bond donors (Lipinski definition) is 0. The first-order valence-electron chi connectivity index (χ1n) is 10.0. The summed E-state index contributed by atoms with van der Waals surface area (Å²) in [6.45, 7) is 0. The Kier molecular flexibility index (Phi) is 6.90. The smallest absolute Gasteiger partial charge is 0.318 e. The lowest BCUT2D eigenvalue weighted by Gasteiger charge is -2.14. The van der Waals surface area contributed by atoms with E-state index in [9.17, 15) is 29.8 Å². The molecule has 0 radical (unpaired) electrons. The van der Waals surface area contributed by atoms with Crippen LogP contribution in [0.5, 0.6) is 17.2 Å². The van der Waals surface area contributed by atoms with E-state index >= 15 is 0 Å². The number of methoxy groups -OCH3 is 1. The molecule has 1 saturated heterocycles. The molecule has 13 heteroatoms. The van der Waals surface area contributed by atoms with Gasteiger partial charge in [0.25, 0.3) is 16.8 Å². The molecule has 0 atom stereocenters. The summed E-state index contributed by atoms with van der Waals surface area (Å²) in [5, 5.41) is 22.4. The summed E-state index contributed by atoms with van der Waals surface area (Å²) in [6.07, 6.45) is 1.39. The molecule has 36 heavy (non-hydrogen) atoms. The monoisotopic (exact) mass is 527 g/mol. The number of ether oxygens (including phenoxy) is 2. The highest BCUT2D eigenvalue weighted by Gasteiger charge is 2.36. The van der Waals surface area contributed by atoms with E-state index in [1.807, 2.05) is 0 Å². The summed E-state index contributed by atoms with van der Waals surface area (Å²) in [4.78, 5) is 47.7. The summed E-state index contributed by atoms with van der Waals surface area (Å²) < 4.78 is 11.1. The number of thioether (sulfide) groups is 1. The van der Waals surface area contributed by atoms with E-state index in [-0.39, 0.29) is 27.7 Å². The van der Waals surface area contributed by atoms with E-state index in [0.29, 0.717) is 22.5 Å². The van der Waals surface area contributed by atoms with Crippen LogP contribution in [0, 0.1) is 20.2 Å². The number of hydrogen-bond acceptors (Lipinski definition) is 9. The maximum absolute atomic E-state index is 13.0. The molecule has 11 nitrogen and oxygen atoms in total. The lowest BCUT2D eigenvalue weighted by atomic mass is 10.1. The van der Waals surface area contributed by atoms with E-state index in [0.717, 1.165) is 23.1 Å². The topological polar surface area (TPSA) is 142 Å². The Labute approximate surface area is 212 Å². The molecule has 182 valence electrons. The van der Waals surface area contributed by atoms with E-state index in [1.165, 1.54) is 25.3 Å². The zero-order chi connectivity index (χ0) is 26.0. The van der Waals surface area contributed by atoms with Crippen LogP contribution in [0.1, 0.15) is 5.56 Å². The van der Waals surface area contributed by atoms with Crippen LogP contribution in [0.25, 0.3) is 6.08 Å². The van der Waals surface area contributed by atoms with Gasteiger partial charge in [0.05, 0.1) is 33.6 Å². The lowest BCUT2D eigenvalue weighted by molar-refractivity contribution is -0.394. The summed E-state index contributed by atoms with van der Waals surface area (Å²) >= 11 is 6.69. The molecule has 1 heterocycles. The predicted molar refractivity (Wildman–Crippen MR) is 133 cm³/mol. The Hall–Kier alpha value is -4.42. The molecule has 0 aliphatic carbocycles. The number of amides is 2. The first kappa shape index (κ1) is 24.7. The van der Waals surface area contributed by atoms with E-state index < -0.39 is 32.4 Å². The summed E-state index contributed by atoms with van der Waals surface area (Å²) in [6, 6.07) is 13.9. The highest BCUT2D eigenvalue weighted by molar-refractivity contribution is 8.19. The molecular weight excluding hydrogens is 514 g/mol. The third-order valence-electron chi connectivity index (χ3n) is 4.94. The van der Waals surface area contributed by atoms with Gasteiger partial charge in [0.1, 0.15) is 0 Å². The van der Waals surface area contributed by atoms with Crippen LogP contribution in [-0.4, -0.2) is 28.1 Å². The number of anilines is 1. The lowest BCUT2D eigenvalue weighted by Crippen LogP contribution is -2.27. The Morgan fingerprint density at radius 2 is 1.72 bits per heavy atom. The summed E-state index contributed by atoms with van der Waals surface area (Å²) in [7, 11) is 1.35. The van der Waals surface area contributed by atoms with Crippen molar-refractivity contribution < 1.29 is 28.9 Å². The summed E-state index contributed by atoms with van der Waals surface area (Å²) in [5.41, 5.74) is -0.540. The maximum Gasteiger partial charge on any atom is 0.318 e. The van der Waals surface area contributed by atoms with Gasteiger partial charge in [0.2, 0.25) is 5.75 Å². The molecule has 0 unspecified atom stereocenters. The third kappa shape index (κ3) is 4.85. The van der Waals surface area contributed by atoms with E-state index in [2.05, 4.69) is 0 Å². The second-order valence-electron chi connectivity index (χ2n) is 7.14. The molecule has 0 aromatic heterocycles. The van der Waals surface area contributed by atoms with Crippen LogP contribution in [0.2, 0.25) is 5.02 Å². The molecule has 3 aromatic rings. The number of non-ortho nitro benzene ring substituents is 1. The van der Waals surface area contributed by atoms with Crippen molar-refractivity contribution >= 4 is 57.6 Å². The summed E-state index contributed by atoms with van der Waals surface area (Å²) in [5.74, 6) is -0.698. The number of imide groups is 1. The van der Waals surface area contributed by atoms with Gasteiger partial charge in [-0.25, -0.2) is 4.90 Å². The van der Waals surface area contributed by atoms with Gasteiger partial charge in [-0.3, -0.25) is 29.8 Å². The van der Waals surface area contributed by atoms with Gasteiger partial charge in [-0.05, 0) is 48.2 Å². The van der Waals surface area contributed by atoms with Crippen LogP contribution < -0.4 is 14.4 Å². The fourth-order valence-corrected chi connectivity index (χ4v) is 4.34. The quantitative estimate of drug-likeness (QED) is 0.199. The number of carbonyl (C=O) groups excluding carboxylic acids is 2. The van der Waals surface area contributed by atoms with E-state index in [4.69, 9.17) is 21.1 Å². The predicted octanol–water partition coefficient (Wildman–Crippen LogP) is 6.20. The SMILES string of the molecule is COc1cccc(/C=C2\SC(=O)N(c3cccc(Cl)c3)C2=O)c1Oc1ccc([N+](=O)[O-])cc1[N+](=O)[O-]. The molecule has 0 bridgehead atoms. The number of rotatable bonds is 7. The fraction of sp³-hybridized carbons (Fsp3) is 0.0435. The number of nitro benzene ring substituents is 2. The standard InChI is InChI=1S/C23H14ClN3O8S/c1-34-19-7-2-4-13(21(19)35-18-9-8-16(26(30)31)12-17(18)27(32)33)10-20-22(28)25(23(29)36-20)15-6-3-5-14(24)11-15/h2-12H,1H3/b20-10-. The zero-order valence-corrected chi connectivity index (χ0v) is 19.8. The molecule has 1 fully saturated rings. The Morgan fingerprint density at radius 3 is 2.39 bits per heavy atom. The van der Waals surface area contributed by atoms with E-state index in [1.54, 1.807) is 30.3 Å². The average molecular weight is 528 g/mol. The first-order valence-corrected chi connectivity index (χ1v) is 11.2. The molecule has 0 spiro atoms. The van der Waals surface area contributed by atoms with Crippen molar-refractivity contribution in [1.82, 2.24) is 0 Å². The van der Waals surface area contributed by atoms with Gasteiger partial charge in [0, 0.05) is 16.7 Å². The third-order valence-corrected chi connectivity index (χ3v) is 6.04. The molecule has 0 saturated carbocycles. The van der Waals surface area contributed by atoms with Crippen molar-refractivity contribution in [2.75, 3.05) is 12.0 Å². The van der Waals surface area contributed by atoms with Crippen molar-refractivity contribution in [3.05, 3.63) is 96.4 Å². The van der Waals surface area contributed by atoms with Gasteiger partial charge in [-0.2, -0.15) is 0 Å².